The third kappa shape index (κ3) is 29.7. The quantitative estimate of drug-likeness (QED) is 0.0174. The molecule has 69 heavy (non-hydrogen) atoms. The Kier molecular flexibility index (Phi) is 38.4. The minimum absolute atomic E-state index is 0.00722. The van der Waals surface area contributed by atoms with Gasteiger partial charge in [0.05, 0.1) is 33.0 Å². The number of hydrogen-bond acceptors (Lipinski definition) is 14. The van der Waals surface area contributed by atoms with Crippen LogP contribution in [0, 0.1) is 0 Å². The lowest BCUT2D eigenvalue weighted by Crippen LogP contribution is -2.61. The molecule has 0 aromatic rings. The minimum Gasteiger partial charge on any atom is -0.457 e. The molecule has 11 atom stereocenters. The molecule has 14 heteroatoms. The Hall–Kier alpha value is -2.31. The van der Waals surface area contributed by atoms with Crippen molar-refractivity contribution in [2.24, 2.45) is 0 Å². The van der Waals surface area contributed by atoms with E-state index in [0.717, 1.165) is 51.4 Å². The molecule has 0 spiro atoms. The van der Waals surface area contributed by atoms with E-state index in [-0.39, 0.29) is 19.6 Å². The van der Waals surface area contributed by atoms with Crippen molar-refractivity contribution in [3.05, 3.63) is 60.8 Å². The Bertz CT molecular complexity index is 1370. The molecule has 2 aliphatic rings. The first-order chi connectivity index (χ1) is 33.6. The van der Waals surface area contributed by atoms with Crippen LogP contribution in [0.2, 0.25) is 0 Å². The number of ether oxygens (including phenoxy) is 6. The summed E-state index contributed by atoms with van der Waals surface area (Å²) in [6, 6.07) is 0. The lowest BCUT2D eigenvalue weighted by atomic mass is 9.98. The topological polar surface area (TPSA) is 214 Å². The Labute approximate surface area is 415 Å². The van der Waals surface area contributed by atoms with Crippen LogP contribution in [-0.2, 0) is 33.2 Å². The number of hydrogen-bond donors (Lipinski definition) is 7. The first-order valence-electron chi connectivity index (χ1n) is 26.9. The minimum atomic E-state index is -1.72. The van der Waals surface area contributed by atoms with Crippen molar-refractivity contribution in [2.45, 2.75) is 248 Å². The van der Waals surface area contributed by atoms with Gasteiger partial charge in [-0.05, 0) is 44.9 Å². The number of carbonyl (C=O) groups excluding carboxylic acids is 1. The maximum Gasteiger partial charge on any atom is 0.306 e. The van der Waals surface area contributed by atoms with Gasteiger partial charge in [0.2, 0.25) is 0 Å². The maximum atomic E-state index is 13.0. The van der Waals surface area contributed by atoms with Crippen LogP contribution in [0.3, 0.4) is 0 Å². The van der Waals surface area contributed by atoms with E-state index in [1.807, 2.05) is 6.08 Å². The molecule has 0 radical (unpaired) electrons. The summed E-state index contributed by atoms with van der Waals surface area (Å²) in [6.45, 7) is 3.36. The average Bonchev–Trinajstić information content (AvgIpc) is 3.35. The summed E-state index contributed by atoms with van der Waals surface area (Å²) in [4.78, 5) is 13.0. The van der Waals surface area contributed by atoms with Crippen molar-refractivity contribution in [1.82, 2.24) is 0 Å². The van der Waals surface area contributed by atoms with Gasteiger partial charge in [0.25, 0.3) is 0 Å². The molecule has 400 valence electrons. The number of aliphatic hydroxyl groups is 7. The lowest BCUT2D eigenvalue weighted by Gasteiger charge is -2.42. The highest BCUT2D eigenvalue weighted by Gasteiger charge is 2.47. The van der Waals surface area contributed by atoms with Gasteiger partial charge in [0, 0.05) is 6.42 Å². The van der Waals surface area contributed by atoms with Gasteiger partial charge < -0.3 is 64.2 Å². The number of aliphatic hydroxyl groups excluding tert-OH is 7. The van der Waals surface area contributed by atoms with Crippen LogP contribution in [-0.4, -0.2) is 142 Å². The Balaban J connectivity index is 1.77. The highest BCUT2D eigenvalue weighted by Crippen LogP contribution is 2.26. The summed E-state index contributed by atoms with van der Waals surface area (Å²) in [5, 5.41) is 72.2. The molecule has 0 aromatic carbocycles. The summed E-state index contributed by atoms with van der Waals surface area (Å²) in [7, 11) is 0. The fourth-order valence-corrected chi connectivity index (χ4v) is 8.23. The second-order valence-corrected chi connectivity index (χ2v) is 18.7. The Morgan fingerprint density at radius 3 is 1.39 bits per heavy atom. The van der Waals surface area contributed by atoms with E-state index in [2.05, 4.69) is 68.5 Å². The van der Waals surface area contributed by atoms with Crippen LogP contribution >= 0.6 is 0 Å². The van der Waals surface area contributed by atoms with Gasteiger partial charge in [-0.15, -0.1) is 0 Å². The maximum absolute atomic E-state index is 13.0. The van der Waals surface area contributed by atoms with Crippen LogP contribution in [0.25, 0.3) is 0 Å². The molecule has 0 aromatic heterocycles. The van der Waals surface area contributed by atoms with Crippen molar-refractivity contribution in [3.63, 3.8) is 0 Å². The van der Waals surface area contributed by atoms with Crippen LogP contribution in [0.15, 0.2) is 60.8 Å². The summed E-state index contributed by atoms with van der Waals surface area (Å²) < 4.78 is 34.2. The molecule has 2 aliphatic heterocycles. The summed E-state index contributed by atoms with van der Waals surface area (Å²) in [5.74, 6) is -0.400. The van der Waals surface area contributed by atoms with Crippen molar-refractivity contribution >= 4 is 5.97 Å². The van der Waals surface area contributed by atoms with Gasteiger partial charge >= 0.3 is 5.97 Å². The monoisotopic (exact) mass is 981 g/mol. The predicted molar refractivity (Wildman–Crippen MR) is 270 cm³/mol. The highest BCUT2D eigenvalue weighted by atomic mass is 16.7. The Morgan fingerprint density at radius 1 is 0.493 bits per heavy atom. The summed E-state index contributed by atoms with van der Waals surface area (Å²) >= 11 is 0. The summed E-state index contributed by atoms with van der Waals surface area (Å²) in [6.07, 6.45) is 34.5. The molecule has 0 aliphatic carbocycles. The lowest BCUT2D eigenvalue weighted by molar-refractivity contribution is -0.332. The molecule has 11 unspecified atom stereocenters. The van der Waals surface area contributed by atoms with Gasteiger partial charge in [-0.25, -0.2) is 0 Å². The molecule has 0 saturated carbocycles. The van der Waals surface area contributed by atoms with Gasteiger partial charge in [0.15, 0.2) is 12.6 Å². The average molecular weight is 981 g/mol. The zero-order valence-corrected chi connectivity index (χ0v) is 42.5. The zero-order valence-electron chi connectivity index (χ0n) is 42.5. The number of allylic oxidation sites excluding steroid dienone is 9. The molecule has 2 heterocycles. The number of carbonyl (C=O) groups is 1. The van der Waals surface area contributed by atoms with Gasteiger partial charge in [-0.2, -0.15) is 0 Å². The standard InChI is InChI=1S/C55H96O14/c1-3-5-7-9-11-13-15-17-19-21-22-23-24-26-28-30-32-34-36-38-47(57)67-44(41-64-39-37-35-33-31-29-27-25-20-18-16-14-12-10-8-6-4-2)42-65-54-53(63)51(61)49(59)46(69-54)43-66-55-52(62)50(60)48(58)45(40-56)68-55/h6,8,12,14,18,20,27,29,33,35,44-46,48-56,58-63H,3-5,7,9-11,13,15-17,19,21-26,28,30-32,34,36-43H2,1-2H3/b8-6-,14-12-,20-18-,29-27-,35-33-. The number of unbranched alkanes of at least 4 members (excludes halogenated alkanes) is 18. The number of esters is 1. The van der Waals surface area contributed by atoms with E-state index in [1.165, 1.54) is 96.3 Å². The molecular weight excluding hydrogens is 885 g/mol. The Morgan fingerprint density at radius 2 is 0.913 bits per heavy atom. The molecule has 2 fully saturated rings. The molecule has 7 N–H and O–H groups in total. The SMILES string of the molecule is CC/C=C\C/C=C\C/C=C\C/C=C\C/C=C\CCOCC(COC1OC(COC2OC(CO)C(O)C(O)C2O)C(O)C(O)C1O)OC(=O)CCCCCCCCCCCCCCCCCCCCC. The first kappa shape index (κ1) is 62.8. The highest BCUT2D eigenvalue weighted by molar-refractivity contribution is 5.69. The fourth-order valence-electron chi connectivity index (χ4n) is 8.23. The molecule has 0 amide bonds. The van der Waals surface area contributed by atoms with E-state index in [9.17, 15) is 40.5 Å². The molecule has 0 bridgehead atoms. The van der Waals surface area contributed by atoms with Crippen molar-refractivity contribution in [3.8, 4) is 0 Å². The van der Waals surface area contributed by atoms with Crippen LogP contribution in [0.5, 0.6) is 0 Å². The van der Waals surface area contributed by atoms with Gasteiger partial charge in [0.1, 0.15) is 54.9 Å². The van der Waals surface area contributed by atoms with Crippen LogP contribution in [0.4, 0.5) is 0 Å². The predicted octanol–water partition coefficient (Wildman–Crippen LogP) is 8.52. The normalized spacial score (nSPS) is 26.2. The van der Waals surface area contributed by atoms with E-state index >= 15 is 0 Å². The van der Waals surface area contributed by atoms with E-state index in [4.69, 9.17) is 28.4 Å². The second-order valence-electron chi connectivity index (χ2n) is 18.7. The third-order valence-corrected chi connectivity index (χ3v) is 12.6. The largest absolute Gasteiger partial charge is 0.457 e. The molecule has 2 saturated heterocycles. The number of rotatable bonds is 42. The van der Waals surface area contributed by atoms with Gasteiger partial charge in [-0.3, -0.25) is 4.79 Å². The second kappa shape index (κ2) is 42.2. The molecular formula is C55H96O14. The zero-order chi connectivity index (χ0) is 50.2. The van der Waals surface area contributed by atoms with Crippen molar-refractivity contribution < 1.29 is 69.0 Å². The first-order valence-corrected chi connectivity index (χ1v) is 26.9. The van der Waals surface area contributed by atoms with E-state index in [1.54, 1.807) is 0 Å². The fraction of sp³-hybridized carbons (Fsp3) is 0.800. The molecule has 2 rings (SSSR count). The smallest absolute Gasteiger partial charge is 0.306 e. The van der Waals surface area contributed by atoms with E-state index < -0.39 is 86.7 Å². The molecule has 14 nitrogen and oxygen atoms in total. The van der Waals surface area contributed by atoms with Crippen molar-refractivity contribution in [2.75, 3.05) is 33.0 Å². The van der Waals surface area contributed by atoms with Gasteiger partial charge in [-0.1, -0.05) is 190 Å². The van der Waals surface area contributed by atoms with Crippen molar-refractivity contribution in [1.29, 1.82) is 0 Å². The van der Waals surface area contributed by atoms with E-state index in [0.29, 0.717) is 19.4 Å². The van der Waals surface area contributed by atoms with Crippen LogP contribution < -0.4 is 0 Å². The summed E-state index contributed by atoms with van der Waals surface area (Å²) in [5.41, 5.74) is 0. The third-order valence-electron chi connectivity index (χ3n) is 12.6. The van der Waals surface area contributed by atoms with Crippen LogP contribution in [0.1, 0.15) is 181 Å².